The van der Waals surface area contributed by atoms with Crippen molar-refractivity contribution in [2.45, 2.75) is 0 Å². The van der Waals surface area contributed by atoms with Gasteiger partial charge in [-0.3, -0.25) is 0 Å². The Hall–Kier alpha value is -2.88. The van der Waals surface area contributed by atoms with Crippen LogP contribution in [0.3, 0.4) is 0 Å². The SMILES string of the molecule is COc1cc(OC)c(-c2nc(C#N)c(N)o2)cc1OC. The number of ether oxygens (including phenoxy) is 3. The van der Waals surface area contributed by atoms with Gasteiger partial charge in [-0.2, -0.15) is 10.2 Å². The van der Waals surface area contributed by atoms with Crippen molar-refractivity contribution >= 4 is 5.88 Å². The Morgan fingerprint density at radius 3 is 2.20 bits per heavy atom. The largest absolute Gasteiger partial charge is 0.496 e. The van der Waals surface area contributed by atoms with Crippen LogP contribution in [-0.2, 0) is 0 Å². The van der Waals surface area contributed by atoms with Gasteiger partial charge in [-0.05, 0) is 0 Å². The summed E-state index contributed by atoms with van der Waals surface area (Å²) in [6.07, 6.45) is 0. The number of oxazole rings is 1. The molecule has 0 amide bonds. The number of hydrogen-bond acceptors (Lipinski definition) is 7. The van der Waals surface area contributed by atoms with Gasteiger partial charge in [0.25, 0.3) is 0 Å². The summed E-state index contributed by atoms with van der Waals surface area (Å²) in [4.78, 5) is 4.01. The highest BCUT2D eigenvalue weighted by molar-refractivity contribution is 5.70. The second kappa shape index (κ2) is 5.40. The number of nitrogens with zero attached hydrogens (tertiary/aromatic N) is 2. The predicted octanol–water partition coefficient (Wildman–Crippen LogP) is 1.82. The average Bonchev–Trinajstić information content (AvgIpc) is 2.86. The van der Waals surface area contributed by atoms with Crippen LogP contribution in [0.1, 0.15) is 5.69 Å². The summed E-state index contributed by atoms with van der Waals surface area (Å²) in [5, 5.41) is 8.86. The lowest BCUT2D eigenvalue weighted by molar-refractivity contribution is 0.349. The Morgan fingerprint density at radius 1 is 1.10 bits per heavy atom. The van der Waals surface area contributed by atoms with E-state index in [2.05, 4.69) is 4.98 Å². The zero-order valence-electron chi connectivity index (χ0n) is 11.3. The molecule has 1 heterocycles. The van der Waals surface area contributed by atoms with Gasteiger partial charge in [0.2, 0.25) is 17.5 Å². The number of rotatable bonds is 4. The Bertz CT molecular complexity index is 673. The molecule has 2 N–H and O–H groups in total. The van der Waals surface area contributed by atoms with Gasteiger partial charge in [-0.25, -0.2) is 0 Å². The number of hydrogen-bond donors (Lipinski definition) is 1. The minimum Gasteiger partial charge on any atom is -0.496 e. The van der Waals surface area contributed by atoms with Crippen LogP contribution in [0.5, 0.6) is 17.2 Å². The van der Waals surface area contributed by atoms with E-state index in [1.165, 1.54) is 21.3 Å². The summed E-state index contributed by atoms with van der Waals surface area (Å²) >= 11 is 0. The van der Waals surface area contributed by atoms with Crippen LogP contribution < -0.4 is 19.9 Å². The van der Waals surface area contributed by atoms with Crippen molar-refractivity contribution in [2.24, 2.45) is 0 Å². The van der Waals surface area contributed by atoms with E-state index in [1.54, 1.807) is 12.1 Å². The Labute approximate surface area is 115 Å². The summed E-state index contributed by atoms with van der Waals surface area (Å²) in [6, 6.07) is 5.13. The molecule has 2 aromatic rings. The van der Waals surface area contributed by atoms with E-state index in [9.17, 15) is 0 Å². The highest BCUT2D eigenvalue weighted by atomic mass is 16.5. The number of benzene rings is 1. The molecule has 0 aliphatic rings. The van der Waals surface area contributed by atoms with Gasteiger partial charge in [-0.15, -0.1) is 0 Å². The van der Waals surface area contributed by atoms with Gasteiger partial charge >= 0.3 is 0 Å². The molecular formula is C13H13N3O4. The fraction of sp³-hybridized carbons (Fsp3) is 0.231. The molecule has 1 aromatic heterocycles. The standard InChI is InChI=1S/C13H13N3O4/c1-17-9-5-11(19-3)10(18-2)4-7(9)13-16-8(6-14)12(15)20-13/h4-5H,15H2,1-3H3. The zero-order valence-corrected chi connectivity index (χ0v) is 11.3. The smallest absolute Gasteiger partial charge is 0.233 e. The lowest BCUT2D eigenvalue weighted by atomic mass is 10.1. The molecule has 7 nitrogen and oxygen atoms in total. The topological polar surface area (TPSA) is 104 Å². The highest BCUT2D eigenvalue weighted by Gasteiger charge is 2.19. The molecule has 0 aliphatic heterocycles. The van der Waals surface area contributed by atoms with Crippen molar-refractivity contribution in [1.29, 1.82) is 5.26 Å². The molecule has 0 fully saturated rings. The minimum absolute atomic E-state index is 0.0248. The number of nitrogen functional groups attached to an aromatic ring is 1. The molecule has 0 aliphatic carbocycles. The van der Waals surface area contributed by atoms with Crippen molar-refractivity contribution < 1.29 is 18.6 Å². The fourth-order valence-electron chi connectivity index (χ4n) is 1.72. The molecule has 0 spiro atoms. The first kappa shape index (κ1) is 13.5. The van der Waals surface area contributed by atoms with Gasteiger partial charge in [0.15, 0.2) is 11.5 Å². The first-order valence-corrected chi connectivity index (χ1v) is 5.61. The van der Waals surface area contributed by atoms with E-state index in [-0.39, 0.29) is 17.5 Å². The van der Waals surface area contributed by atoms with Crippen LogP contribution in [0.4, 0.5) is 5.88 Å². The summed E-state index contributed by atoms with van der Waals surface area (Å²) in [6.45, 7) is 0. The Morgan fingerprint density at radius 2 is 1.70 bits per heavy atom. The molecule has 0 radical (unpaired) electrons. The third-order valence-electron chi connectivity index (χ3n) is 2.70. The van der Waals surface area contributed by atoms with E-state index < -0.39 is 0 Å². The number of anilines is 1. The Balaban J connectivity index is 2.62. The molecule has 0 saturated heterocycles. The average molecular weight is 275 g/mol. The number of nitriles is 1. The maximum absolute atomic E-state index is 8.86. The third-order valence-corrected chi connectivity index (χ3v) is 2.70. The molecule has 7 heteroatoms. The highest BCUT2D eigenvalue weighted by Crippen LogP contribution is 2.40. The van der Waals surface area contributed by atoms with E-state index >= 15 is 0 Å². The summed E-state index contributed by atoms with van der Waals surface area (Å²) in [7, 11) is 4.54. The van der Waals surface area contributed by atoms with Crippen LogP contribution >= 0.6 is 0 Å². The Kier molecular flexibility index (Phi) is 3.66. The van der Waals surface area contributed by atoms with Crippen molar-refractivity contribution in [2.75, 3.05) is 27.1 Å². The van der Waals surface area contributed by atoms with Gasteiger partial charge in [0.05, 0.1) is 26.9 Å². The van der Waals surface area contributed by atoms with E-state index in [1.807, 2.05) is 6.07 Å². The van der Waals surface area contributed by atoms with Crippen LogP contribution in [-0.4, -0.2) is 26.3 Å². The maximum atomic E-state index is 8.86. The van der Waals surface area contributed by atoms with Crippen LogP contribution in [0.15, 0.2) is 16.5 Å². The first-order chi connectivity index (χ1) is 9.64. The third kappa shape index (κ3) is 2.19. The van der Waals surface area contributed by atoms with Crippen molar-refractivity contribution in [3.05, 3.63) is 17.8 Å². The van der Waals surface area contributed by atoms with Gasteiger partial charge in [0, 0.05) is 12.1 Å². The monoisotopic (exact) mass is 275 g/mol. The predicted molar refractivity (Wildman–Crippen MR) is 70.7 cm³/mol. The summed E-state index contributed by atoms with van der Waals surface area (Å²) < 4.78 is 20.9. The first-order valence-electron chi connectivity index (χ1n) is 5.61. The summed E-state index contributed by atoms with van der Waals surface area (Å²) in [5.41, 5.74) is 6.10. The van der Waals surface area contributed by atoms with Crippen molar-refractivity contribution in [1.82, 2.24) is 4.98 Å². The number of nitrogens with two attached hydrogens (primary N) is 1. The molecule has 20 heavy (non-hydrogen) atoms. The van der Waals surface area contributed by atoms with Gasteiger partial charge in [-0.1, -0.05) is 0 Å². The van der Waals surface area contributed by atoms with Crippen LogP contribution in [0.2, 0.25) is 0 Å². The van der Waals surface area contributed by atoms with Gasteiger partial charge < -0.3 is 24.4 Å². The molecule has 0 unspecified atom stereocenters. The van der Waals surface area contributed by atoms with Crippen molar-refractivity contribution in [3.8, 4) is 34.8 Å². The number of aromatic nitrogens is 1. The molecule has 0 atom stereocenters. The van der Waals surface area contributed by atoms with E-state index in [0.717, 1.165) is 0 Å². The molecular weight excluding hydrogens is 262 g/mol. The minimum atomic E-state index is -0.0423. The second-order valence-corrected chi connectivity index (χ2v) is 3.75. The summed E-state index contributed by atoms with van der Waals surface area (Å²) in [5.74, 6) is 1.59. The van der Waals surface area contributed by atoms with E-state index in [4.69, 9.17) is 29.6 Å². The van der Waals surface area contributed by atoms with Crippen LogP contribution in [0.25, 0.3) is 11.5 Å². The number of methoxy groups -OCH3 is 3. The molecule has 0 saturated carbocycles. The van der Waals surface area contributed by atoms with Gasteiger partial charge in [0.1, 0.15) is 11.8 Å². The lowest BCUT2D eigenvalue weighted by Gasteiger charge is -2.12. The molecule has 1 aromatic carbocycles. The molecule has 0 bridgehead atoms. The fourth-order valence-corrected chi connectivity index (χ4v) is 1.72. The normalized spacial score (nSPS) is 9.90. The lowest BCUT2D eigenvalue weighted by Crippen LogP contribution is -1.95. The molecule has 104 valence electrons. The second-order valence-electron chi connectivity index (χ2n) is 3.75. The van der Waals surface area contributed by atoms with Crippen molar-refractivity contribution in [3.63, 3.8) is 0 Å². The molecule has 2 rings (SSSR count). The maximum Gasteiger partial charge on any atom is 0.233 e. The van der Waals surface area contributed by atoms with E-state index in [0.29, 0.717) is 22.8 Å². The zero-order chi connectivity index (χ0) is 14.7. The van der Waals surface area contributed by atoms with Crippen LogP contribution in [0, 0.1) is 11.3 Å². The quantitative estimate of drug-likeness (QED) is 0.907.